The van der Waals surface area contributed by atoms with Gasteiger partial charge in [-0.25, -0.2) is 4.79 Å². The van der Waals surface area contributed by atoms with E-state index in [0.29, 0.717) is 24.1 Å². The summed E-state index contributed by atoms with van der Waals surface area (Å²) in [5.41, 5.74) is 3.04. The van der Waals surface area contributed by atoms with E-state index in [1.165, 1.54) is 6.08 Å². The summed E-state index contributed by atoms with van der Waals surface area (Å²) in [6.45, 7) is 2.65. The van der Waals surface area contributed by atoms with E-state index < -0.39 is 5.97 Å². The molecule has 0 amide bonds. The minimum Gasteiger partial charge on any atom is -0.476 e. The molecule has 2 heterocycles. The van der Waals surface area contributed by atoms with Gasteiger partial charge in [0.25, 0.3) is 0 Å². The first-order valence-electron chi connectivity index (χ1n) is 9.59. The average Bonchev–Trinajstić information content (AvgIpc) is 3.51. The van der Waals surface area contributed by atoms with Gasteiger partial charge >= 0.3 is 5.97 Å². The molecule has 146 valence electrons. The van der Waals surface area contributed by atoms with Crippen LogP contribution in [0.15, 0.2) is 54.2 Å². The van der Waals surface area contributed by atoms with E-state index in [0.717, 1.165) is 29.6 Å². The van der Waals surface area contributed by atoms with Crippen LogP contribution in [0.2, 0.25) is 0 Å². The Morgan fingerprint density at radius 3 is 2.79 bits per heavy atom. The Bertz CT molecular complexity index is 1110. The number of pyridine rings is 1. The maximum absolute atomic E-state index is 12.5. The first-order valence-corrected chi connectivity index (χ1v) is 9.59. The fourth-order valence-corrected chi connectivity index (χ4v) is 2.99. The lowest BCUT2D eigenvalue weighted by Crippen LogP contribution is -2.07. The van der Waals surface area contributed by atoms with Crippen LogP contribution in [0.1, 0.15) is 29.7 Å². The van der Waals surface area contributed by atoms with E-state index in [4.69, 9.17) is 9.47 Å². The molecule has 1 saturated carbocycles. The Morgan fingerprint density at radius 2 is 2.07 bits per heavy atom. The van der Waals surface area contributed by atoms with E-state index >= 15 is 0 Å². The Kier molecular flexibility index (Phi) is 5.30. The van der Waals surface area contributed by atoms with Crippen molar-refractivity contribution in [3.63, 3.8) is 0 Å². The molecule has 29 heavy (non-hydrogen) atoms. The highest BCUT2D eigenvalue weighted by molar-refractivity contribution is 5.98. The van der Waals surface area contributed by atoms with Gasteiger partial charge in [-0.3, -0.25) is 4.40 Å². The average molecular weight is 387 g/mol. The molecular weight excluding hydrogens is 366 g/mol. The molecule has 6 nitrogen and oxygen atoms in total. The molecule has 3 aromatic rings. The molecule has 0 unspecified atom stereocenters. The number of nitriles is 1. The highest BCUT2D eigenvalue weighted by Gasteiger charge is 2.24. The van der Waals surface area contributed by atoms with Crippen molar-refractivity contribution >= 4 is 17.7 Å². The fraction of sp³-hybridized carbons (Fsp3) is 0.261. The summed E-state index contributed by atoms with van der Waals surface area (Å²) < 4.78 is 13.1. The number of aryl methyl sites for hydroxylation is 1. The molecule has 6 heteroatoms. The van der Waals surface area contributed by atoms with Crippen LogP contribution in [0.3, 0.4) is 0 Å². The van der Waals surface area contributed by atoms with Gasteiger partial charge in [0.1, 0.15) is 29.6 Å². The normalized spacial score (nSPS) is 13.9. The number of hydrogen-bond acceptors (Lipinski definition) is 5. The molecule has 4 rings (SSSR count). The molecule has 1 fully saturated rings. The van der Waals surface area contributed by atoms with Crippen LogP contribution in [0, 0.1) is 24.2 Å². The topological polar surface area (TPSA) is 76.6 Å². The first-order chi connectivity index (χ1) is 14.2. The van der Waals surface area contributed by atoms with Gasteiger partial charge in [0.2, 0.25) is 5.88 Å². The standard InChI is InChI=1S/C23H21N3O3/c1-16-6-5-11-26-20(22(25-21(16)26)28-14-18-9-10-18)12-19(13-24)23(27)29-15-17-7-3-2-4-8-17/h2-8,11-12,18H,9-10,14-15H2,1H3. The summed E-state index contributed by atoms with van der Waals surface area (Å²) in [6.07, 6.45) is 5.66. The summed E-state index contributed by atoms with van der Waals surface area (Å²) in [5.74, 6) is 0.311. The van der Waals surface area contributed by atoms with E-state index in [1.807, 2.05) is 66.1 Å². The lowest BCUT2D eigenvalue weighted by molar-refractivity contribution is -0.139. The number of esters is 1. The largest absolute Gasteiger partial charge is 0.476 e. The molecule has 0 saturated heterocycles. The van der Waals surface area contributed by atoms with E-state index in [-0.39, 0.29) is 12.2 Å². The maximum Gasteiger partial charge on any atom is 0.349 e. The summed E-state index contributed by atoms with van der Waals surface area (Å²) >= 11 is 0. The number of fused-ring (bicyclic) bond motifs is 1. The minimum absolute atomic E-state index is 0.0968. The Balaban J connectivity index is 1.62. The van der Waals surface area contributed by atoms with Crippen molar-refractivity contribution in [2.75, 3.05) is 6.61 Å². The molecule has 0 spiro atoms. The number of benzene rings is 1. The van der Waals surface area contributed by atoms with Gasteiger partial charge in [0, 0.05) is 6.20 Å². The molecule has 0 radical (unpaired) electrons. The Hall–Kier alpha value is -3.59. The van der Waals surface area contributed by atoms with Crippen molar-refractivity contribution < 1.29 is 14.3 Å². The third-order valence-corrected chi connectivity index (χ3v) is 4.84. The zero-order chi connectivity index (χ0) is 20.2. The maximum atomic E-state index is 12.5. The van der Waals surface area contributed by atoms with Gasteiger partial charge in [0.05, 0.1) is 6.61 Å². The van der Waals surface area contributed by atoms with Crippen molar-refractivity contribution in [2.45, 2.75) is 26.4 Å². The molecule has 2 aromatic heterocycles. The number of carbonyl (C=O) groups excluding carboxylic acids is 1. The second-order valence-electron chi connectivity index (χ2n) is 7.17. The predicted octanol–water partition coefficient (Wildman–Crippen LogP) is 4.08. The second-order valence-corrected chi connectivity index (χ2v) is 7.17. The molecule has 1 aromatic carbocycles. The van der Waals surface area contributed by atoms with E-state index in [2.05, 4.69) is 4.98 Å². The smallest absolute Gasteiger partial charge is 0.349 e. The van der Waals surface area contributed by atoms with E-state index in [1.54, 1.807) is 0 Å². The molecule has 0 atom stereocenters. The van der Waals surface area contributed by atoms with Crippen LogP contribution in [0.25, 0.3) is 11.7 Å². The lowest BCUT2D eigenvalue weighted by atomic mass is 10.2. The van der Waals surface area contributed by atoms with Crippen LogP contribution in [-0.4, -0.2) is 22.0 Å². The van der Waals surface area contributed by atoms with Gasteiger partial charge in [-0.2, -0.15) is 10.2 Å². The number of carbonyl (C=O) groups is 1. The second kappa shape index (κ2) is 8.19. The third kappa shape index (κ3) is 4.30. The molecule has 0 bridgehead atoms. The monoisotopic (exact) mass is 387 g/mol. The van der Waals surface area contributed by atoms with Crippen molar-refractivity contribution in [1.29, 1.82) is 5.26 Å². The molecule has 1 aliphatic carbocycles. The SMILES string of the molecule is Cc1cccn2c(C=C(C#N)C(=O)OCc3ccccc3)c(OCC3CC3)nc12. The fourth-order valence-electron chi connectivity index (χ4n) is 2.99. The summed E-state index contributed by atoms with van der Waals surface area (Å²) in [7, 11) is 0. The lowest BCUT2D eigenvalue weighted by Gasteiger charge is -2.06. The highest BCUT2D eigenvalue weighted by atomic mass is 16.5. The number of aromatic nitrogens is 2. The highest BCUT2D eigenvalue weighted by Crippen LogP contribution is 2.31. The Labute approximate surface area is 169 Å². The van der Waals surface area contributed by atoms with Crippen molar-refractivity contribution in [3.05, 3.63) is 71.1 Å². The Morgan fingerprint density at radius 1 is 1.28 bits per heavy atom. The van der Waals surface area contributed by atoms with Crippen molar-refractivity contribution in [3.8, 4) is 11.9 Å². The predicted molar refractivity (Wildman–Crippen MR) is 108 cm³/mol. The van der Waals surface area contributed by atoms with Crippen LogP contribution >= 0.6 is 0 Å². The number of ether oxygens (including phenoxy) is 2. The first kappa shape index (κ1) is 18.8. The third-order valence-electron chi connectivity index (χ3n) is 4.84. The number of hydrogen-bond donors (Lipinski definition) is 0. The minimum atomic E-state index is -0.674. The van der Waals surface area contributed by atoms with Gasteiger partial charge in [-0.05, 0) is 49.0 Å². The van der Waals surface area contributed by atoms with Gasteiger partial charge in [-0.1, -0.05) is 36.4 Å². The van der Waals surface area contributed by atoms with E-state index in [9.17, 15) is 10.1 Å². The molecular formula is C23H21N3O3. The molecule has 0 N–H and O–H groups in total. The number of imidazole rings is 1. The van der Waals surface area contributed by atoms with Crippen LogP contribution in [0.4, 0.5) is 0 Å². The molecule has 0 aliphatic heterocycles. The number of rotatable bonds is 7. The van der Waals surface area contributed by atoms with Crippen molar-refractivity contribution in [2.24, 2.45) is 5.92 Å². The quantitative estimate of drug-likeness (QED) is 0.347. The van der Waals surface area contributed by atoms with Crippen LogP contribution in [0.5, 0.6) is 5.88 Å². The van der Waals surface area contributed by atoms with Crippen LogP contribution < -0.4 is 4.74 Å². The van der Waals surface area contributed by atoms with Gasteiger partial charge in [-0.15, -0.1) is 0 Å². The zero-order valence-electron chi connectivity index (χ0n) is 16.2. The number of nitrogens with zero attached hydrogens (tertiary/aromatic N) is 3. The summed E-state index contributed by atoms with van der Waals surface area (Å²) in [4.78, 5) is 17.1. The van der Waals surface area contributed by atoms with Gasteiger partial charge < -0.3 is 9.47 Å². The van der Waals surface area contributed by atoms with Crippen LogP contribution in [-0.2, 0) is 16.1 Å². The van der Waals surface area contributed by atoms with Gasteiger partial charge in [0.15, 0.2) is 0 Å². The zero-order valence-corrected chi connectivity index (χ0v) is 16.2. The van der Waals surface area contributed by atoms with Crippen molar-refractivity contribution in [1.82, 2.24) is 9.38 Å². The summed E-state index contributed by atoms with van der Waals surface area (Å²) in [6, 6.07) is 15.2. The molecule has 1 aliphatic rings. The summed E-state index contributed by atoms with van der Waals surface area (Å²) in [5, 5.41) is 9.55.